The highest BCUT2D eigenvalue weighted by Crippen LogP contribution is 2.35. The average Bonchev–Trinajstić information content (AvgIpc) is 1.81. The van der Waals surface area contributed by atoms with E-state index < -0.39 is 19.2 Å². The van der Waals surface area contributed by atoms with Gasteiger partial charge in [0.15, 0.2) is 0 Å². The first-order chi connectivity index (χ1) is 4.45. The maximum atomic E-state index is 10.4. The van der Waals surface area contributed by atoms with Crippen LogP contribution in [0.15, 0.2) is 0 Å². The Morgan fingerprint density at radius 3 is 2.60 bits per heavy atom. The molecule has 1 amide bonds. The van der Waals surface area contributed by atoms with Crippen molar-refractivity contribution >= 4 is 24.4 Å². The van der Waals surface area contributed by atoms with Gasteiger partial charge in [-0.05, 0) is 11.8 Å². The molecule has 0 aromatic rings. The molecule has 0 atom stereocenters. The van der Waals surface area contributed by atoms with Gasteiger partial charge in [-0.25, -0.2) is 0 Å². The summed E-state index contributed by atoms with van der Waals surface area (Å²) < 4.78 is 4.21. The molecule has 0 spiro atoms. The van der Waals surface area contributed by atoms with E-state index in [4.69, 9.17) is 9.79 Å². The van der Waals surface area contributed by atoms with E-state index in [0.717, 1.165) is 0 Å². The molecule has 0 fully saturated rings. The van der Waals surface area contributed by atoms with Gasteiger partial charge in [-0.3, -0.25) is 9.32 Å². The minimum atomic E-state index is -3.66. The number of amides is 1. The van der Waals surface area contributed by atoms with Crippen molar-refractivity contribution in [3.8, 4) is 0 Å². The fourth-order valence-corrected chi connectivity index (χ4v) is 0.658. The zero-order valence-electron chi connectivity index (χ0n) is 5.27. The lowest BCUT2D eigenvalue weighted by Gasteiger charge is -2.06. The summed E-state index contributed by atoms with van der Waals surface area (Å²) in [6.07, 6.45) is 0. The highest BCUT2D eigenvalue weighted by molar-refractivity contribution is 8.06. The molecule has 60 valence electrons. The molecule has 5 nitrogen and oxygen atoms in total. The van der Waals surface area contributed by atoms with Crippen molar-refractivity contribution in [3.05, 3.63) is 0 Å². The first kappa shape index (κ1) is 10.0. The van der Waals surface area contributed by atoms with E-state index in [9.17, 15) is 4.79 Å². The third-order valence-electron chi connectivity index (χ3n) is 0.643. The molecule has 3 N–H and O–H groups in total. The van der Waals surface area contributed by atoms with Crippen LogP contribution in [0.25, 0.3) is 0 Å². The Balaban J connectivity index is 3.56. The Hall–Kier alpha value is -0.0000000000000000833. The van der Waals surface area contributed by atoms with Gasteiger partial charge < -0.3 is 15.1 Å². The summed E-state index contributed by atoms with van der Waals surface area (Å²) in [5.41, 5.74) is 0. The molecule has 0 aliphatic carbocycles. The number of carbonyl (C=O) groups excluding carboxylic acids is 1. The maximum Gasteiger partial charge on any atom is 0.322 e. The number of hydrogen-bond acceptors (Lipinski definition) is 3. The monoisotopic (exact) mass is 185 g/mol. The Morgan fingerprint density at radius 1 is 1.80 bits per heavy atom. The summed E-state index contributed by atoms with van der Waals surface area (Å²) >= 11 is 4.07. The molecule has 0 saturated heterocycles. The fourth-order valence-electron chi connectivity index (χ4n) is 0.215. The molecule has 0 radical (unpaired) electrons. The van der Waals surface area contributed by atoms with Crippen LogP contribution in [0.5, 0.6) is 0 Å². The maximum absolute atomic E-state index is 10.4. The van der Waals surface area contributed by atoms with Gasteiger partial charge in [0.25, 0.3) is 0 Å². The van der Waals surface area contributed by atoms with Gasteiger partial charge in [0.2, 0.25) is 5.91 Å². The van der Waals surface area contributed by atoms with E-state index in [1.165, 1.54) is 7.05 Å². The lowest BCUT2D eigenvalue weighted by Crippen LogP contribution is -2.22. The molecule has 0 bridgehead atoms. The van der Waals surface area contributed by atoms with Crippen LogP contribution in [0, 0.1) is 0 Å². The van der Waals surface area contributed by atoms with Crippen LogP contribution in [0.2, 0.25) is 0 Å². The zero-order valence-corrected chi connectivity index (χ0v) is 6.98. The SMILES string of the molecule is CNC(=O)COP(O)(O)=S. The van der Waals surface area contributed by atoms with E-state index in [2.05, 4.69) is 21.6 Å². The molecule has 10 heavy (non-hydrogen) atoms. The quantitative estimate of drug-likeness (QED) is 0.489. The van der Waals surface area contributed by atoms with E-state index in [0.29, 0.717) is 0 Å². The van der Waals surface area contributed by atoms with E-state index >= 15 is 0 Å². The van der Waals surface area contributed by atoms with Crippen molar-refractivity contribution < 1.29 is 19.1 Å². The van der Waals surface area contributed by atoms with Crippen LogP contribution in [0.1, 0.15) is 0 Å². The molecule has 0 aliphatic heterocycles. The molecule has 7 heteroatoms. The largest absolute Gasteiger partial charge is 0.357 e. The van der Waals surface area contributed by atoms with Gasteiger partial charge in [0, 0.05) is 7.05 Å². The predicted octanol–water partition coefficient (Wildman–Crippen LogP) is -1.04. The van der Waals surface area contributed by atoms with Gasteiger partial charge in [-0.2, -0.15) is 0 Å². The molecule has 0 saturated carbocycles. The van der Waals surface area contributed by atoms with Crippen molar-refractivity contribution in [2.75, 3.05) is 13.7 Å². The normalized spacial score (nSPS) is 11.1. The smallest absolute Gasteiger partial charge is 0.322 e. The predicted molar refractivity (Wildman–Crippen MR) is 38.7 cm³/mol. The first-order valence-electron chi connectivity index (χ1n) is 2.36. The Kier molecular flexibility index (Phi) is 4.00. The van der Waals surface area contributed by atoms with E-state index in [1.807, 2.05) is 0 Å². The van der Waals surface area contributed by atoms with Crippen molar-refractivity contribution in [3.63, 3.8) is 0 Å². The molecule has 0 heterocycles. The highest BCUT2D eigenvalue weighted by atomic mass is 32.5. The summed E-state index contributed by atoms with van der Waals surface area (Å²) in [6.45, 7) is -4.08. The van der Waals surface area contributed by atoms with Gasteiger partial charge >= 0.3 is 6.72 Å². The van der Waals surface area contributed by atoms with Crippen LogP contribution in [0.3, 0.4) is 0 Å². The van der Waals surface area contributed by atoms with Crippen molar-refractivity contribution in [1.82, 2.24) is 5.32 Å². The highest BCUT2D eigenvalue weighted by Gasteiger charge is 2.09. The summed E-state index contributed by atoms with van der Waals surface area (Å²) in [4.78, 5) is 27.3. The summed E-state index contributed by atoms with van der Waals surface area (Å²) in [5, 5.41) is 2.22. The van der Waals surface area contributed by atoms with Gasteiger partial charge in [0.1, 0.15) is 6.61 Å². The number of nitrogens with one attached hydrogen (secondary N) is 1. The first-order valence-corrected chi connectivity index (χ1v) is 4.99. The Morgan fingerprint density at radius 2 is 2.30 bits per heavy atom. The van der Waals surface area contributed by atoms with Crippen molar-refractivity contribution in [1.29, 1.82) is 0 Å². The second-order valence-electron chi connectivity index (χ2n) is 1.44. The van der Waals surface area contributed by atoms with E-state index in [1.54, 1.807) is 0 Å². The van der Waals surface area contributed by atoms with Gasteiger partial charge in [-0.15, -0.1) is 0 Å². The summed E-state index contributed by atoms with van der Waals surface area (Å²) in [7, 11) is 1.41. The number of hydrogen-bond donors (Lipinski definition) is 3. The van der Waals surface area contributed by atoms with Crippen LogP contribution in [-0.2, 0) is 21.1 Å². The van der Waals surface area contributed by atoms with Crippen LogP contribution in [-0.4, -0.2) is 29.3 Å². The Labute approximate surface area is 63.3 Å². The van der Waals surface area contributed by atoms with Gasteiger partial charge in [0.05, 0.1) is 0 Å². The third kappa shape index (κ3) is 6.12. The molecular formula is C3H8NO4PS. The van der Waals surface area contributed by atoms with Crippen molar-refractivity contribution in [2.24, 2.45) is 0 Å². The summed E-state index contributed by atoms with van der Waals surface area (Å²) in [5.74, 6) is -0.447. The van der Waals surface area contributed by atoms with Crippen LogP contribution >= 0.6 is 6.72 Å². The molecule has 0 rings (SSSR count). The third-order valence-corrected chi connectivity index (χ3v) is 1.42. The van der Waals surface area contributed by atoms with Gasteiger partial charge in [-0.1, -0.05) is 0 Å². The zero-order chi connectivity index (χ0) is 8.20. The standard InChI is InChI=1S/C3H8NO4PS/c1-4-3(5)2-8-9(6,7)10/h2H2,1H3,(H,4,5)(H2,6,7,10). The molecule has 0 unspecified atom stereocenters. The fraction of sp³-hybridized carbons (Fsp3) is 0.667. The van der Waals surface area contributed by atoms with Crippen molar-refractivity contribution in [2.45, 2.75) is 0 Å². The number of rotatable bonds is 3. The van der Waals surface area contributed by atoms with Crippen LogP contribution < -0.4 is 5.32 Å². The lowest BCUT2D eigenvalue weighted by atomic mass is 10.7. The minimum absolute atomic E-state index is 0.416. The minimum Gasteiger partial charge on any atom is -0.357 e. The molecule has 0 aliphatic rings. The number of likely N-dealkylation sites (N-methyl/N-ethyl adjacent to an activating group) is 1. The second kappa shape index (κ2) is 4.00. The topological polar surface area (TPSA) is 78.8 Å². The lowest BCUT2D eigenvalue weighted by molar-refractivity contribution is -0.122. The second-order valence-corrected chi connectivity index (χ2v) is 4.10. The molecular weight excluding hydrogens is 177 g/mol. The Bertz CT molecular complexity index is 166. The molecule has 0 aromatic carbocycles. The number of carbonyl (C=O) groups is 1. The molecule has 0 aromatic heterocycles. The van der Waals surface area contributed by atoms with E-state index in [-0.39, 0.29) is 0 Å². The van der Waals surface area contributed by atoms with Crippen LogP contribution in [0.4, 0.5) is 0 Å². The summed E-state index contributed by atoms with van der Waals surface area (Å²) in [6, 6.07) is 0. The average molecular weight is 185 g/mol.